The summed E-state index contributed by atoms with van der Waals surface area (Å²) in [5.74, 6) is -0.513. The first-order valence-electron chi connectivity index (χ1n) is 9.59. The molecule has 0 spiro atoms. The maximum Gasteiger partial charge on any atom is 0.272 e. The number of ether oxygens (including phenoxy) is 1. The van der Waals surface area contributed by atoms with Crippen LogP contribution in [-0.2, 0) is 0 Å². The van der Waals surface area contributed by atoms with E-state index in [0.29, 0.717) is 19.1 Å². The quantitative estimate of drug-likeness (QED) is 0.586. The SMILES string of the molecule is CCOc1c(Nc2cccc(C(=O)N3CCN4CCCC4C3)c2O)c(=O)c1=O. The number of para-hydroxylation sites is 1. The molecule has 1 atom stereocenters. The number of phenolic OH excluding ortho intramolecular Hbond substituents is 1. The molecule has 2 aliphatic rings. The number of amides is 1. The Morgan fingerprint density at radius 1 is 1.25 bits per heavy atom. The number of phenols is 1. The molecule has 2 N–H and O–H groups in total. The van der Waals surface area contributed by atoms with E-state index in [1.54, 1.807) is 30.0 Å². The molecule has 2 aliphatic heterocycles. The van der Waals surface area contributed by atoms with Crippen molar-refractivity contribution in [1.82, 2.24) is 9.80 Å². The van der Waals surface area contributed by atoms with Gasteiger partial charge in [0.15, 0.2) is 11.5 Å². The van der Waals surface area contributed by atoms with Crippen molar-refractivity contribution < 1.29 is 14.6 Å². The summed E-state index contributed by atoms with van der Waals surface area (Å²) in [6, 6.07) is 5.13. The van der Waals surface area contributed by atoms with E-state index in [2.05, 4.69) is 10.2 Å². The van der Waals surface area contributed by atoms with E-state index in [9.17, 15) is 19.5 Å². The molecule has 1 amide bonds. The average molecular weight is 385 g/mol. The van der Waals surface area contributed by atoms with Crippen LogP contribution in [0.3, 0.4) is 0 Å². The molecule has 8 heteroatoms. The molecule has 2 saturated heterocycles. The maximum atomic E-state index is 13.0. The van der Waals surface area contributed by atoms with E-state index in [1.165, 1.54) is 0 Å². The molecular weight excluding hydrogens is 362 g/mol. The lowest BCUT2D eigenvalue weighted by Crippen LogP contribution is -2.52. The lowest BCUT2D eigenvalue weighted by molar-refractivity contribution is 0.0568. The topological polar surface area (TPSA) is 99.2 Å². The second-order valence-electron chi connectivity index (χ2n) is 7.21. The van der Waals surface area contributed by atoms with E-state index in [1.807, 2.05) is 0 Å². The van der Waals surface area contributed by atoms with Gasteiger partial charge in [-0.2, -0.15) is 0 Å². The minimum Gasteiger partial charge on any atom is -0.505 e. The minimum atomic E-state index is -0.697. The molecule has 28 heavy (non-hydrogen) atoms. The summed E-state index contributed by atoms with van der Waals surface area (Å²) < 4.78 is 5.18. The van der Waals surface area contributed by atoms with Crippen molar-refractivity contribution in [2.75, 3.05) is 38.1 Å². The fourth-order valence-electron chi connectivity index (χ4n) is 4.06. The van der Waals surface area contributed by atoms with Crippen LogP contribution in [0.2, 0.25) is 0 Å². The van der Waals surface area contributed by atoms with E-state index in [4.69, 9.17) is 4.74 Å². The van der Waals surface area contributed by atoms with E-state index in [0.717, 1.165) is 25.9 Å². The predicted molar refractivity (Wildman–Crippen MR) is 104 cm³/mol. The number of anilines is 2. The molecule has 0 radical (unpaired) electrons. The molecule has 0 saturated carbocycles. The lowest BCUT2D eigenvalue weighted by Gasteiger charge is -2.37. The summed E-state index contributed by atoms with van der Waals surface area (Å²) in [7, 11) is 0. The van der Waals surface area contributed by atoms with Crippen LogP contribution in [0.25, 0.3) is 0 Å². The van der Waals surface area contributed by atoms with Gasteiger partial charge in [0.05, 0.1) is 17.9 Å². The van der Waals surface area contributed by atoms with Crippen LogP contribution < -0.4 is 20.9 Å². The van der Waals surface area contributed by atoms with Crippen LogP contribution in [0.4, 0.5) is 11.4 Å². The number of nitrogens with one attached hydrogen (secondary N) is 1. The second kappa shape index (κ2) is 7.27. The molecule has 2 heterocycles. The van der Waals surface area contributed by atoms with Gasteiger partial charge in [-0.25, -0.2) is 0 Å². The van der Waals surface area contributed by atoms with Crippen molar-refractivity contribution in [1.29, 1.82) is 0 Å². The monoisotopic (exact) mass is 385 g/mol. The molecule has 2 aromatic carbocycles. The Morgan fingerprint density at radius 2 is 2.07 bits per heavy atom. The predicted octanol–water partition coefficient (Wildman–Crippen LogP) is 1.05. The lowest BCUT2D eigenvalue weighted by atomic mass is 10.1. The number of rotatable bonds is 5. The molecule has 0 bridgehead atoms. The first kappa shape index (κ1) is 18.5. The summed E-state index contributed by atoms with van der Waals surface area (Å²) in [5.41, 5.74) is -1.01. The van der Waals surface area contributed by atoms with E-state index in [-0.39, 0.29) is 41.0 Å². The van der Waals surface area contributed by atoms with Gasteiger partial charge >= 0.3 is 0 Å². The Morgan fingerprint density at radius 3 is 2.86 bits per heavy atom. The Labute approximate surface area is 162 Å². The fraction of sp³-hybridized carbons (Fsp3) is 0.450. The van der Waals surface area contributed by atoms with Gasteiger partial charge in [0.2, 0.25) is 0 Å². The number of fused-ring (bicyclic) bond motifs is 1. The largest absolute Gasteiger partial charge is 0.505 e. The molecule has 2 fully saturated rings. The molecule has 148 valence electrons. The van der Waals surface area contributed by atoms with Gasteiger partial charge in [0.25, 0.3) is 16.8 Å². The van der Waals surface area contributed by atoms with Gasteiger partial charge in [0, 0.05) is 25.7 Å². The van der Waals surface area contributed by atoms with Crippen molar-refractivity contribution in [3.8, 4) is 11.5 Å². The van der Waals surface area contributed by atoms with Gasteiger partial charge in [-0.05, 0) is 38.4 Å². The summed E-state index contributed by atoms with van der Waals surface area (Å²) >= 11 is 0. The van der Waals surface area contributed by atoms with E-state index >= 15 is 0 Å². The smallest absolute Gasteiger partial charge is 0.272 e. The van der Waals surface area contributed by atoms with Crippen molar-refractivity contribution in [3.63, 3.8) is 0 Å². The van der Waals surface area contributed by atoms with Gasteiger partial charge in [-0.1, -0.05) is 6.07 Å². The second-order valence-corrected chi connectivity index (χ2v) is 7.21. The minimum absolute atomic E-state index is 0.00585. The first-order chi connectivity index (χ1) is 13.5. The molecule has 4 rings (SSSR count). The Hall–Kier alpha value is -2.87. The average Bonchev–Trinajstić information content (AvgIpc) is 3.18. The van der Waals surface area contributed by atoms with Crippen LogP contribution in [0.15, 0.2) is 27.8 Å². The zero-order valence-electron chi connectivity index (χ0n) is 15.7. The summed E-state index contributed by atoms with van der Waals surface area (Å²) in [6.45, 7) is 5.16. The number of piperazine rings is 1. The van der Waals surface area contributed by atoms with Crippen LogP contribution in [0.5, 0.6) is 11.5 Å². The highest BCUT2D eigenvalue weighted by molar-refractivity contribution is 5.99. The third-order valence-corrected chi connectivity index (χ3v) is 5.56. The molecule has 8 nitrogen and oxygen atoms in total. The fourth-order valence-corrected chi connectivity index (χ4v) is 4.06. The van der Waals surface area contributed by atoms with E-state index < -0.39 is 10.9 Å². The third-order valence-electron chi connectivity index (χ3n) is 5.56. The third kappa shape index (κ3) is 3.03. The van der Waals surface area contributed by atoms with Gasteiger partial charge in [-0.15, -0.1) is 0 Å². The molecule has 1 unspecified atom stereocenters. The van der Waals surface area contributed by atoms with Crippen molar-refractivity contribution in [2.24, 2.45) is 0 Å². The Kier molecular flexibility index (Phi) is 4.80. The van der Waals surface area contributed by atoms with Gasteiger partial charge in [0.1, 0.15) is 5.69 Å². The zero-order chi connectivity index (χ0) is 19.8. The first-order valence-corrected chi connectivity index (χ1v) is 9.59. The zero-order valence-corrected chi connectivity index (χ0v) is 15.7. The number of hydrogen-bond donors (Lipinski definition) is 2. The standard InChI is InChI=1S/C20H23N3O5/c1-2-28-19-15(17(25)18(19)26)21-14-7-3-6-13(16(14)24)20(27)23-10-9-22-8-4-5-12(22)11-23/h3,6-7,12,21,24H,2,4-5,8-11H2,1H3. The number of hydrogen-bond acceptors (Lipinski definition) is 7. The van der Waals surface area contributed by atoms with Gasteiger partial charge in [-0.3, -0.25) is 19.3 Å². The number of benzene rings is 1. The maximum absolute atomic E-state index is 13.0. The highest BCUT2D eigenvalue weighted by Gasteiger charge is 2.33. The van der Waals surface area contributed by atoms with Crippen LogP contribution in [0, 0.1) is 0 Å². The highest BCUT2D eigenvalue weighted by atomic mass is 16.5. The summed E-state index contributed by atoms with van der Waals surface area (Å²) in [5, 5.41) is 13.4. The molecule has 2 aromatic rings. The molecule has 0 aromatic heterocycles. The van der Waals surface area contributed by atoms with Gasteiger partial charge < -0.3 is 20.1 Å². The normalized spacial score (nSPS) is 19.6. The van der Waals surface area contributed by atoms with Crippen LogP contribution >= 0.6 is 0 Å². The van der Waals surface area contributed by atoms with Crippen molar-refractivity contribution >= 4 is 17.3 Å². The summed E-state index contributed by atoms with van der Waals surface area (Å²) in [6.07, 6.45) is 2.24. The number of carbonyl (C=O) groups is 1. The van der Waals surface area contributed by atoms with Crippen LogP contribution in [0.1, 0.15) is 30.1 Å². The summed E-state index contributed by atoms with van der Waals surface area (Å²) in [4.78, 5) is 40.6. The number of nitrogens with zero attached hydrogens (tertiary/aromatic N) is 2. The van der Waals surface area contributed by atoms with Crippen molar-refractivity contribution in [3.05, 3.63) is 44.2 Å². The Balaban J connectivity index is 1.55. The number of carbonyl (C=O) groups excluding carboxylic acids is 1. The number of aromatic hydroxyl groups is 1. The van der Waals surface area contributed by atoms with Crippen LogP contribution in [-0.4, -0.2) is 59.6 Å². The molecular formula is C20H23N3O5. The molecule has 0 aliphatic carbocycles. The highest BCUT2D eigenvalue weighted by Crippen LogP contribution is 2.33. The van der Waals surface area contributed by atoms with Crippen molar-refractivity contribution in [2.45, 2.75) is 25.8 Å². The Bertz CT molecular complexity index is 979.